The smallest absolute Gasteiger partial charge is 0.308 e. The van der Waals surface area contributed by atoms with Gasteiger partial charge in [0.25, 0.3) is 0 Å². The largest absolute Gasteiger partial charge is 0.461 e. The van der Waals surface area contributed by atoms with E-state index in [0.717, 1.165) is 11.4 Å². The molecule has 2 aromatic heterocycles. The summed E-state index contributed by atoms with van der Waals surface area (Å²) in [6.45, 7) is 4.40. The van der Waals surface area contributed by atoms with Crippen LogP contribution in [0.1, 0.15) is 23.4 Å². The van der Waals surface area contributed by atoms with Gasteiger partial charge in [-0.3, -0.25) is 14.5 Å². The minimum absolute atomic E-state index is 0.0732. The molecule has 0 spiro atoms. The molecule has 0 aliphatic carbocycles. The van der Waals surface area contributed by atoms with Crippen molar-refractivity contribution in [2.45, 2.75) is 33.4 Å². The van der Waals surface area contributed by atoms with Gasteiger partial charge >= 0.3 is 5.97 Å². The number of esters is 1. The Morgan fingerprint density at radius 3 is 2.88 bits per heavy atom. The third-order valence-corrected chi connectivity index (χ3v) is 3.82. The van der Waals surface area contributed by atoms with Crippen LogP contribution in [0.15, 0.2) is 36.5 Å². The van der Waals surface area contributed by atoms with Crippen LogP contribution in [0, 0.1) is 19.7 Å². The first kappa shape index (κ1) is 16.1. The van der Waals surface area contributed by atoms with E-state index in [-0.39, 0.29) is 24.8 Å². The van der Waals surface area contributed by atoms with Gasteiger partial charge < -0.3 is 4.74 Å². The van der Waals surface area contributed by atoms with Crippen LogP contribution in [-0.2, 0) is 22.7 Å². The lowest BCUT2D eigenvalue weighted by molar-refractivity contribution is -0.145. The highest BCUT2D eigenvalue weighted by Gasteiger charge is 2.10. The fourth-order valence-electron chi connectivity index (χ4n) is 2.64. The first-order chi connectivity index (χ1) is 11.5. The summed E-state index contributed by atoms with van der Waals surface area (Å²) in [6, 6.07) is 8.26. The second kappa shape index (κ2) is 6.78. The average Bonchev–Trinajstić information content (AvgIpc) is 2.90. The zero-order chi connectivity index (χ0) is 17.1. The van der Waals surface area contributed by atoms with E-state index in [0.29, 0.717) is 23.0 Å². The van der Waals surface area contributed by atoms with E-state index < -0.39 is 0 Å². The van der Waals surface area contributed by atoms with Crippen molar-refractivity contribution in [1.82, 2.24) is 14.8 Å². The predicted octanol–water partition coefficient (Wildman–Crippen LogP) is 3.32. The van der Waals surface area contributed by atoms with E-state index in [1.807, 2.05) is 19.9 Å². The van der Waals surface area contributed by atoms with Crippen LogP contribution in [0.4, 0.5) is 4.39 Å². The van der Waals surface area contributed by atoms with Crippen LogP contribution in [0.5, 0.6) is 0 Å². The number of aromatic nitrogens is 3. The van der Waals surface area contributed by atoms with Crippen molar-refractivity contribution in [3.05, 3.63) is 59.3 Å². The molecule has 124 valence electrons. The van der Waals surface area contributed by atoms with Crippen LogP contribution >= 0.6 is 0 Å². The third-order valence-electron chi connectivity index (χ3n) is 3.82. The lowest BCUT2D eigenvalue weighted by atomic mass is 10.1. The van der Waals surface area contributed by atoms with E-state index in [1.54, 1.807) is 29.1 Å². The Labute approximate surface area is 139 Å². The maximum absolute atomic E-state index is 13.8. The quantitative estimate of drug-likeness (QED) is 0.675. The molecule has 0 fully saturated rings. The van der Waals surface area contributed by atoms with Crippen molar-refractivity contribution in [3.8, 4) is 0 Å². The molecule has 3 rings (SSSR count). The minimum Gasteiger partial charge on any atom is -0.461 e. The molecule has 0 radical (unpaired) electrons. The normalized spacial score (nSPS) is 11.0. The standard InChI is InChI=1S/C18H18FN3O2/c1-12-10-13(2)22(21-12)9-7-17(23)24-11-14-5-6-16(19)15-4-3-8-20-18(14)15/h3-6,8,10H,7,9,11H2,1-2H3. The molecule has 0 saturated heterocycles. The number of benzene rings is 1. The Hall–Kier alpha value is -2.76. The minimum atomic E-state index is -0.335. The molecule has 24 heavy (non-hydrogen) atoms. The van der Waals surface area contributed by atoms with E-state index in [4.69, 9.17) is 4.74 Å². The second-order valence-electron chi connectivity index (χ2n) is 5.67. The molecule has 3 aromatic rings. The molecule has 0 unspecified atom stereocenters. The van der Waals surface area contributed by atoms with Crippen LogP contribution in [-0.4, -0.2) is 20.7 Å². The molecule has 5 nitrogen and oxygen atoms in total. The number of halogens is 1. The van der Waals surface area contributed by atoms with E-state index in [9.17, 15) is 9.18 Å². The highest BCUT2D eigenvalue weighted by molar-refractivity contribution is 5.82. The Bertz CT molecular complexity index is 889. The zero-order valence-electron chi connectivity index (χ0n) is 13.6. The SMILES string of the molecule is Cc1cc(C)n(CCC(=O)OCc2ccc(F)c3cccnc23)n1. The summed E-state index contributed by atoms with van der Waals surface area (Å²) in [5.41, 5.74) is 3.13. The second-order valence-corrected chi connectivity index (χ2v) is 5.67. The monoisotopic (exact) mass is 327 g/mol. The van der Waals surface area contributed by atoms with Gasteiger partial charge in [0.15, 0.2) is 0 Å². The number of fused-ring (bicyclic) bond motifs is 1. The zero-order valence-corrected chi connectivity index (χ0v) is 13.6. The third kappa shape index (κ3) is 3.42. The summed E-state index contributed by atoms with van der Waals surface area (Å²) in [5.74, 6) is -0.659. The number of nitrogens with zero attached hydrogens (tertiary/aromatic N) is 3. The number of carbonyl (C=O) groups excluding carboxylic acids is 1. The van der Waals surface area contributed by atoms with Gasteiger partial charge in [0, 0.05) is 22.8 Å². The molecule has 0 saturated carbocycles. The molecule has 0 bridgehead atoms. The van der Waals surface area contributed by atoms with Crippen molar-refractivity contribution < 1.29 is 13.9 Å². The first-order valence-corrected chi connectivity index (χ1v) is 7.73. The number of ether oxygens (including phenoxy) is 1. The Morgan fingerprint density at radius 1 is 1.29 bits per heavy atom. The van der Waals surface area contributed by atoms with Crippen LogP contribution in [0.2, 0.25) is 0 Å². The molecular formula is C18H18FN3O2. The molecule has 0 amide bonds. The maximum atomic E-state index is 13.8. The highest BCUT2D eigenvalue weighted by atomic mass is 19.1. The number of hydrogen-bond acceptors (Lipinski definition) is 4. The Balaban J connectivity index is 1.62. The molecule has 0 aliphatic heterocycles. The number of hydrogen-bond donors (Lipinski definition) is 0. The van der Waals surface area contributed by atoms with Crippen molar-refractivity contribution >= 4 is 16.9 Å². The summed E-state index contributed by atoms with van der Waals surface area (Å²) in [4.78, 5) is 16.1. The fraction of sp³-hybridized carbons (Fsp3) is 0.278. The molecule has 2 heterocycles. The summed E-state index contributed by atoms with van der Waals surface area (Å²) < 4.78 is 20.8. The van der Waals surface area contributed by atoms with Crippen LogP contribution in [0.25, 0.3) is 10.9 Å². The summed E-state index contributed by atoms with van der Waals surface area (Å²) in [5, 5.41) is 4.73. The topological polar surface area (TPSA) is 57.0 Å². The van der Waals surface area contributed by atoms with Gasteiger partial charge in [-0.25, -0.2) is 4.39 Å². The van der Waals surface area contributed by atoms with Crippen molar-refractivity contribution in [1.29, 1.82) is 0 Å². The van der Waals surface area contributed by atoms with E-state index >= 15 is 0 Å². The molecular weight excluding hydrogens is 309 g/mol. The molecule has 0 atom stereocenters. The van der Waals surface area contributed by atoms with Crippen LogP contribution in [0.3, 0.4) is 0 Å². The molecule has 0 aliphatic rings. The summed E-state index contributed by atoms with van der Waals surface area (Å²) in [6.07, 6.45) is 1.82. The van der Waals surface area contributed by atoms with Gasteiger partial charge in [-0.15, -0.1) is 0 Å². The molecule has 6 heteroatoms. The van der Waals surface area contributed by atoms with E-state index in [2.05, 4.69) is 10.1 Å². The first-order valence-electron chi connectivity index (χ1n) is 7.73. The lowest BCUT2D eigenvalue weighted by Gasteiger charge is -2.08. The Kier molecular flexibility index (Phi) is 4.55. The predicted molar refractivity (Wildman–Crippen MR) is 87.8 cm³/mol. The molecule has 1 aromatic carbocycles. The lowest BCUT2D eigenvalue weighted by Crippen LogP contribution is -2.11. The van der Waals surface area contributed by atoms with E-state index in [1.165, 1.54) is 6.07 Å². The van der Waals surface area contributed by atoms with Crippen LogP contribution < -0.4 is 0 Å². The van der Waals surface area contributed by atoms with Gasteiger partial charge in [0.05, 0.1) is 24.2 Å². The summed E-state index contributed by atoms with van der Waals surface area (Å²) >= 11 is 0. The summed E-state index contributed by atoms with van der Waals surface area (Å²) in [7, 11) is 0. The van der Waals surface area contributed by atoms with Crippen molar-refractivity contribution in [2.24, 2.45) is 0 Å². The number of pyridine rings is 1. The number of carbonyl (C=O) groups is 1. The number of rotatable bonds is 5. The Morgan fingerprint density at radius 2 is 2.12 bits per heavy atom. The van der Waals surface area contributed by atoms with Gasteiger partial charge in [0.1, 0.15) is 12.4 Å². The average molecular weight is 327 g/mol. The van der Waals surface area contributed by atoms with Crippen molar-refractivity contribution in [2.75, 3.05) is 0 Å². The van der Waals surface area contributed by atoms with Gasteiger partial charge in [-0.05, 0) is 38.1 Å². The van der Waals surface area contributed by atoms with Gasteiger partial charge in [-0.2, -0.15) is 5.10 Å². The van der Waals surface area contributed by atoms with Gasteiger partial charge in [-0.1, -0.05) is 6.07 Å². The number of aryl methyl sites for hydroxylation is 3. The van der Waals surface area contributed by atoms with Gasteiger partial charge in [0.2, 0.25) is 0 Å². The molecule has 0 N–H and O–H groups in total. The van der Waals surface area contributed by atoms with Crippen molar-refractivity contribution in [3.63, 3.8) is 0 Å². The maximum Gasteiger partial charge on any atom is 0.308 e. The highest BCUT2D eigenvalue weighted by Crippen LogP contribution is 2.20. The fourth-order valence-corrected chi connectivity index (χ4v) is 2.64.